The van der Waals surface area contributed by atoms with Crippen molar-refractivity contribution in [3.05, 3.63) is 46.0 Å². The van der Waals surface area contributed by atoms with E-state index < -0.39 is 0 Å². The number of allylic oxidation sites excluding steroid dienone is 2. The van der Waals surface area contributed by atoms with E-state index in [0.717, 1.165) is 12.8 Å². The molecule has 0 radical (unpaired) electrons. The Bertz CT molecular complexity index is 647. The molecular formula is C18H20Cl2N2O2. The molecule has 1 saturated heterocycles. The van der Waals surface area contributed by atoms with Crippen molar-refractivity contribution in [2.75, 3.05) is 26.2 Å². The van der Waals surface area contributed by atoms with Crippen LogP contribution in [0.4, 0.5) is 0 Å². The largest absolute Gasteiger partial charge is 0.339 e. The maximum absolute atomic E-state index is 12.6. The van der Waals surface area contributed by atoms with E-state index in [1.54, 1.807) is 23.1 Å². The van der Waals surface area contributed by atoms with E-state index in [4.69, 9.17) is 23.2 Å². The van der Waals surface area contributed by atoms with Crippen molar-refractivity contribution in [3.63, 3.8) is 0 Å². The number of benzene rings is 1. The molecule has 3 rings (SSSR count). The fourth-order valence-electron chi connectivity index (χ4n) is 3.24. The molecule has 1 atom stereocenters. The second-order valence-electron chi connectivity index (χ2n) is 6.30. The highest BCUT2D eigenvalue weighted by molar-refractivity contribution is 6.35. The van der Waals surface area contributed by atoms with Gasteiger partial charge in [-0.15, -0.1) is 0 Å². The molecule has 1 aliphatic heterocycles. The molecule has 2 amide bonds. The zero-order valence-electron chi connectivity index (χ0n) is 13.4. The van der Waals surface area contributed by atoms with Crippen LogP contribution in [0.2, 0.25) is 10.0 Å². The van der Waals surface area contributed by atoms with E-state index >= 15 is 0 Å². The van der Waals surface area contributed by atoms with Crippen LogP contribution in [-0.2, 0) is 4.79 Å². The molecule has 0 spiro atoms. The molecule has 0 bridgehead atoms. The number of hydrogen-bond acceptors (Lipinski definition) is 2. The Morgan fingerprint density at radius 1 is 1.00 bits per heavy atom. The van der Waals surface area contributed by atoms with Crippen molar-refractivity contribution >= 4 is 35.0 Å². The standard InChI is InChI=1S/C18H20Cl2N2O2/c19-15-10-14(11-16(20)12-15)18(24)22-7-5-21(6-8-22)17(23)9-13-3-1-2-4-13/h1,3,10-13H,2,4-9H2. The van der Waals surface area contributed by atoms with Crippen LogP contribution >= 0.6 is 23.2 Å². The first-order valence-corrected chi connectivity index (χ1v) is 8.98. The van der Waals surface area contributed by atoms with E-state index in [9.17, 15) is 9.59 Å². The summed E-state index contributed by atoms with van der Waals surface area (Å²) in [6, 6.07) is 4.85. The second kappa shape index (κ2) is 7.58. The lowest BCUT2D eigenvalue weighted by Gasteiger charge is -2.35. The van der Waals surface area contributed by atoms with Crippen molar-refractivity contribution < 1.29 is 9.59 Å². The van der Waals surface area contributed by atoms with Gasteiger partial charge in [0.25, 0.3) is 5.91 Å². The Hall–Kier alpha value is -1.52. The number of nitrogens with zero attached hydrogens (tertiary/aromatic N) is 2. The van der Waals surface area contributed by atoms with Crippen LogP contribution in [0.15, 0.2) is 30.4 Å². The van der Waals surface area contributed by atoms with Crippen molar-refractivity contribution in [2.24, 2.45) is 5.92 Å². The van der Waals surface area contributed by atoms with E-state index in [1.807, 2.05) is 4.90 Å². The van der Waals surface area contributed by atoms with Gasteiger partial charge < -0.3 is 9.80 Å². The van der Waals surface area contributed by atoms with Gasteiger partial charge in [-0.05, 0) is 37.0 Å². The number of carbonyl (C=O) groups is 2. The number of rotatable bonds is 3. The molecule has 1 fully saturated rings. The number of amides is 2. The smallest absolute Gasteiger partial charge is 0.254 e. The van der Waals surface area contributed by atoms with Crippen LogP contribution in [0.25, 0.3) is 0 Å². The summed E-state index contributed by atoms with van der Waals surface area (Å²) in [7, 11) is 0. The van der Waals surface area contributed by atoms with Crippen molar-refractivity contribution in [2.45, 2.75) is 19.3 Å². The highest BCUT2D eigenvalue weighted by atomic mass is 35.5. The molecular weight excluding hydrogens is 347 g/mol. The maximum atomic E-state index is 12.6. The lowest BCUT2D eigenvalue weighted by atomic mass is 10.0. The van der Waals surface area contributed by atoms with E-state index in [2.05, 4.69) is 12.2 Å². The van der Waals surface area contributed by atoms with Gasteiger partial charge in [0, 0.05) is 48.2 Å². The Morgan fingerprint density at radius 2 is 1.62 bits per heavy atom. The van der Waals surface area contributed by atoms with Crippen LogP contribution in [0.1, 0.15) is 29.6 Å². The molecule has 1 aliphatic carbocycles. The molecule has 0 saturated carbocycles. The van der Waals surface area contributed by atoms with Gasteiger partial charge in [0.15, 0.2) is 0 Å². The number of hydrogen-bond donors (Lipinski definition) is 0. The molecule has 128 valence electrons. The van der Waals surface area contributed by atoms with Crippen LogP contribution in [0.5, 0.6) is 0 Å². The summed E-state index contributed by atoms with van der Waals surface area (Å²) in [6.45, 7) is 2.23. The molecule has 0 aromatic heterocycles. The van der Waals surface area contributed by atoms with Crippen LogP contribution in [0.3, 0.4) is 0 Å². The summed E-state index contributed by atoms with van der Waals surface area (Å²) in [4.78, 5) is 28.5. The first-order valence-electron chi connectivity index (χ1n) is 8.23. The monoisotopic (exact) mass is 366 g/mol. The molecule has 1 heterocycles. The zero-order valence-corrected chi connectivity index (χ0v) is 14.9. The third kappa shape index (κ3) is 4.11. The number of carbonyl (C=O) groups excluding carboxylic acids is 2. The lowest BCUT2D eigenvalue weighted by Crippen LogP contribution is -2.50. The van der Waals surface area contributed by atoms with E-state index in [-0.39, 0.29) is 11.8 Å². The summed E-state index contributed by atoms with van der Waals surface area (Å²) >= 11 is 11.9. The second-order valence-corrected chi connectivity index (χ2v) is 7.17. The average molecular weight is 367 g/mol. The summed E-state index contributed by atoms with van der Waals surface area (Å²) in [6.07, 6.45) is 7.00. The molecule has 2 aliphatic rings. The topological polar surface area (TPSA) is 40.6 Å². The summed E-state index contributed by atoms with van der Waals surface area (Å²) in [5.74, 6) is 0.473. The van der Waals surface area contributed by atoms with Gasteiger partial charge in [0.05, 0.1) is 0 Å². The molecule has 1 aromatic rings. The van der Waals surface area contributed by atoms with E-state index in [0.29, 0.717) is 54.1 Å². The van der Waals surface area contributed by atoms with Gasteiger partial charge in [0.1, 0.15) is 0 Å². The first-order chi connectivity index (χ1) is 11.5. The Morgan fingerprint density at radius 3 is 2.21 bits per heavy atom. The highest BCUT2D eigenvalue weighted by Gasteiger charge is 2.26. The van der Waals surface area contributed by atoms with Crippen LogP contribution in [0, 0.1) is 5.92 Å². The fourth-order valence-corrected chi connectivity index (χ4v) is 3.76. The molecule has 1 unspecified atom stereocenters. The third-order valence-electron chi connectivity index (χ3n) is 4.58. The summed E-state index contributed by atoms with van der Waals surface area (Å²) in [5, 5.41) is 0.897. The minimum absolute atomic E-state index is 0.0924. The quantitative estimate of drug-likeness (QED) is 0.766. The molecule has 0 N–H and O–H groups in total. The van der Waals surface area contributed by atoms with Gasteiger partial charge in [-0.1, -0.05) is 35.4 Å². The van der Waals surface area contributed by atoms with Gasteiger partial charge in [-0.2, -0.15) is 0 Å². The lowest BCUT2D eigenvalue weighted by molar-refractivity contribution is -0.133. The third-order valence-corrected chi connectivity index (χ3v) is 5.01. The minimum atomic E-state index is -0.0924. The van der Waals surface area contributed by atoms with E-state index in [1.165, 1.54) is 0 Å². The highest BCUT2D eigenvalue weighted by Crippen LogP contribution is 2.23. The van der Waals surface area contributed by atoms with Gasteiger partial charge in [-0.3, -0.25) is 9.59 Å². The zero-order chi connectivity index (χ0) is 17.1. The number of piperazine rings is 1. The Kier molecular flexibility index (Phi) is 5.47. The predicted molar refractivity (Wildman–Crippen MR) is 95.4 cm³/mol. The van der Waals surface area contributed by atoms with Crippen LogP contribution in [-0.4, -0.2) is 47.8 Å². The normalized spacial score (nSPS) is 20.5. The van der Waals surface area contributed by atoms with Gasteiger partial charge in [0.2, 0.25) is 5.91 Å². The maximum Gasteiger partial charge on any atom is 0.254 e. The van der Waals surface area contributed by atoms with Crippen LogP contribution < -0.4 is 0 Å². The van der Waals surface area contributed by atoms with Crippen molar-refractivity contribution in [3.8, 4) is 0 Å². The van der Waals surface area contributed by atoms with Crippen molar-refractivity contribution in [1.82, 2.24) is 9.80 Å². The summed E-state index contributed by atoms with van der Waals surface area (Å²) in [5.41, 5.74) is 0.489. The fraction of sp³-hybridized carbons (Fsp3) is 0.444. The average Bonchev–Trinajstić information content (AvgIpc) is 3.06. The Balaban J connectivity index is 1.55. The Labute approximate surface area is 152 Å². The predicted octanol–water partition coefficient (Wildman–Crippen LogP) is 3.63. The molecule has 6 heteroatoms. The first kappa shape index (κ1) is 17.3. The molecule has 24 heavy (non-hydrogen) atoms. The molecule has 4 nitrogen and oxygen atoms in total. The number of halogens is 2. The molecule has 1 aromatic carbocycles. The minimum Gasteiger partial charge on any atom is -0.339 e. The van der Waals surface area contributed by atoms with Gasteiger partial charge >= 0.3 is 0 Å². The van der Waals surface area contributed by atoms with Crippen molar-refractivity contribution in [1.29, 1.82) is 0 Å². The SMILES string of the molecule is O=C(CC1C=CCC1)N1CCN(C(=O)c2cc(Cl)cc(Cl)c2)CC1. The van der Waals surface area contributed by atoms with Gasteiger partial charge in [-0.25, -0.2) is 0 Å². The summed E-state index contributed by atoms with van der Waals surface area (Å²) < 4.78 is 0.